The van der Waals surface area contributed by atoms with Crippen LogP contribution in [-0.4, -0.2) is 44.1 Å². The zero-order valence-electron chi connectivity index (χ0n) is 15.3. The Hall–Kier alpha value is -2.54. The van der Waals surface area contributed by atoms with Crippen molar-refractivity contribution in [2.45, 2.75) is 13.0 Å². The predicted molar refractivity (Wildman–Crippen MR) is 105 cm³/mol. The highest BCUT2D eigenvalue weighted by molar-refractivity contribution is 9.10. The number of halogens is 1. The van der Waals surface area contributed by atoms with Crippen LogP contribution in [0.3, 0.4) is 0 Å². The third-order valence-electron chi connectivity index (χ3n) is 3.78. The number of nitrogens with zero attached hydrogens (tertiary/aromatic N) is 1. The predicted octanol–water partition coefficient (Wildman–Crippen LogP) is 3.43. The maximum atomic E-state index is 12.1. The van der Waals surface area contributed by atoms with E-state index < -0.39 is 5.97 Å². The quantitative estimate of drug-likeness (QED) is 0.564. The molecule has 0 aliphatic rings. The topological polar surface area (TPSA) is 65.1 Å². The molecule has 0 saturated heterocycles. The van der Waals surface area contributed by atoms with Crippen LogP contribution < -0.4 is 9.47 Å². The number of esters is 1. The minimum absolute atomic E-state index is 0.0409. The number of likely N-dealkylation sites (N-methyl/N-ethyl adjacent to an activating group) is 1. The van der Waals surface area contributed by atoms with E-state index in [-0.39, 0.29) is 25.5 Å². The summed E-state index contributed by atoms with van der Waals surface area (Å²) in [5, 5.41) is 0. The van der Waals surface area contributed by atoms with Crippen molar-refractivity contribution in [2.24, 2.45) is 0 Å². The summed E-state index contributed by atoms with van der Waals surface area (Å²) in [6, 6.07) is 14.8. The number of ether oxygens (including phenoxy) is 3. The average molecular weight is 436 g/mol. The van der Waals surface area contributed by atoms with Crippen molar-refractivity contribution in [1.82, 2.24) is 4.90 Å². The highest BCUT2D eigenvalue weighted by atomic mass is 79.9. The molecule has 0 N–H and O–H groups in total. The lowest BCUT2D eigenvalue weighted by atomic mass is 10.2. The monoisotopic (exact) mass is 435 g/mol. The first-order chi connectivity index (χ1) is 13.0. The molecule has 0 atom stereocenters. The fraction of sp³-hybridized carbons (Fsp3) is 0.300. The molecule has 0 saturated carbocycles. The van der Waals surface area contributed by atoms with Gasteiger partial charge in [-0.2, -0.15) is 0 Å². The van der Waals surface area contributed by atoms with Gasteiger partial charge in [-0.3, -0.25) is 9.59 Å². The second kappa shape index (κ2) is 10.6. The van der Waals surface area contributed by atoms with Gasteiger partial charge in [0.15, 0.2) is 18.1 Å². The Labute approximate surface area is 167 Å². The molecule has 0 bridgehead atoms. The molecule has 0 aliphatic carbocycles. The summed E-state index contributed by atoms with van der Waals surface area (Å²) in [5.74, 6) is 0.379. The maximum absolute atomic E-state index is 12.1. The first-order valence-electron chi connectivity index (χ1n) is 8.40. The van der Waals surface area contributed by atoms with Crippen LogP contribution >= 0.6 is 15.9 Å². The van der Waals surface area contributed by atoms with E-state index in [1.54, 1.807) is 26.3 Å². The molecule has 7 heteroatoms. The first-order valence-corrected chi connectivity index (χ1v) is 9.19. The number of hydrogen-bond donors (Lipinski definition) is 0. The summed E-state index contributed by atoms with van der Waals surface area (Å²) < 4.78 is 16.6. The highest BCUT2D eigenvalue weighted by Gasteiger charge is 2.14. The number of benzene rings is 2. The lowest BCUT2D eigenvalue weighted by Crippen LogP contribution is -2.31. The van der Waals surface area contributed by atoms with E-state index >= 15 is 0 Å². The standard InChI is InChI=1S/C20H22BrNO5/c1-22(13-15-7-3-4-8-16(15)21)19(23)14-27-20(24)11-12-26-18-10-6-5-9-17(18)25-2/h3-10H,11-14H2,1-2H3. The number of para-hydroxylation sites is 2. The van der Waals surface area contributed by atoms with Crippen molar-refractivity contribution in [3.63, 3.8) is 0 Å². The average Bonchev–Trinajstić information content (AvgIpc) is 2.68. The van der Waals surface area contributed by atoms with Gasteiger partial charge in [-0.05, 0) is 23.8 Å². The van der Waals surface area contributed by atoms with Gasteiger partial charge in [-0.1, -0.05) is 46.3 Å². The molecule has 2 aromatic carbocycles. The number of hydrogen-bond acceptors (Lipinski definition) is 5. The van der Waals surface area contributed by atoms with Crippen molar-refractivity contribution in [3.05, 3.63) is 58.6 Å². The Balaban J connectivity index is 1.71. The van der Waals surface area contributed by atoms with Crippen LogP contribution in [0.1, 0.15) is 12.0 Å². The van der Waals surface area contributed by atoms with Crippen LogP contribution in [0.2, 0.25) is 0 Å². The molecule has 2 aromatic rings. The van der Waals surface area contributed by atoms with E-state index in [0.29, 0.717) is 18.0 Å². The van der Waals surface area contributed by atoms with Gasteiger partial charge in [0.05, 0.1) is 20.1 Å². The van der Waals surface area contributed by atoms with Crippen LogP contribution in [0.25, 0.3) is 0 Å². The number of rotatable bonds is 9. The number of methoxy groups -OCH3 is 1. The minimum Gasteiger partial charge on any atom is -0.493 e. The molecule has 6 nitrogen and oxygen atoms in total. The Morgan fingerprint density at radius 2 is 1.70 bits per heavy atom. The zero-order chi connectivity index (χ0) is 19.6. The fourth-order valence-electron chi connectivity index (χ4n) is 2.28. The molecule has 27 heavy (non-hydrogen) atoms. The van der Waals surface area contributed by atoms with Crippen molar-refractivity contribution in [3.8, 4) is 11.5 Å². The summed E-state index contributed by atoms with van der Waals surface area (Å²) in [7, 11) is 3.22. The van der Waals surface area contributed by atoms with Gasteiger partial charge >= 0.3 is 5.97 Å². The molecule has 144 valence electrons. The summed E-state index contributed by atoms with van der Waals surface area (Å²) in [6.07, 6.45) is 0.0409. The Morgan fingerprint density at radius 1 is 1.04 bits per heavy atom. The Kier molecular flexibility index (Phi) is 8.13. The third kappa shape index (κ3) is 6.60. The molecule has 0 radical (unpaired) electrons. The summed E-state index contributed by atoms with van der Waals surface area (Å²) >= 11 is 3.45. The van der Waals surface area contributed by atoms with E-state index in [1.165, 1.54) is 4.90 Å². The van der Waals surface area contributed by atoms with Crippen molar-refractivity contribution >= 4 is 27.8 Å². The zero-order valence-corrected chi connectivity index (χ0v) is 16.9. The highest BCUT2D eigenvalue weighted by Crippen LogP contribution is 2.25. The number of carbonyl (C=O) groups is 2. The van der Waals surface area contributed by atoms with E-state index in [1.807, 2.05) is 36.4 Å². The van der Waals surface area contributed by atoms with Crippen molar-refractivity contribution in [2.75, 3.05) is 27.4 Å². The SMILES string of the molecule is COc1ccccc1OCCC(=O)OCC(=O)N(C)Cc1ccccc1Br. The molecular weight excluding hydrogens is 414 g/mol. The molecule has 0 fully saturated rings. The summed E-state index contributed by atoms with van der Waals surface area (Å²) in [5.41, 5.74) is 0.977. The van der Waals surface area contributed by atoms with Gasteiger partial charge < -0.3 is 19.1 Å². The van der Waals surface area contributed by atoms with E-state index in [0.717, 1.165) is 10.0 Å². The molecule has 0 aromatic heterocycles. The van der Waals surface area contributed by atoms with Crippen molar-refractivity contribution < 1.29 is 23.8 Å². The van der Waals surface area contributed by atoms with Gasteiger partial charge in [0.1, 0.15) is 0 Å². The van der Waals surface area contributed by atoms with Gasteiger partial charge in [-0.15, -0.1) is 0 Å². The van der Waals surface area contributed by atoms with E-state index in [2.05, 4.69) is 15.9 Å². The lowest BCUT2D eigenvalue weighted by Gasteiger charge is -2.18. The first kappa shape index (κ1) is 20.8. The van der Waals surface area contributed by atoms with Crippen LogP contribution in [0, 0.1) is 0 Å². The normalized spacial score (nSPS) is 10.2. The smallest absolute Gasteiger partial charge is 0.309 e. The fourth-order valence-corrected chi connectivity index (χ4v) is 2.69. The summed E-state index contributed by atoms with van der Waals surface area (Å²) in [6.45, 7) is 0.267. The second-order valence-corrected chi connectivity index (χ2v) is 6.61. The van der Waals surface area contributed by atoms with Gasteiger partial charge in [0.25, 0.3) is 5.91 Å². The maximum Gasteiger partial charge on any atom is 0.309 e. The number of carbonyl (C=O) groups excluding carboxylic acids is 2. The summed E-state index contributed by atoms with van der Waals surface area (Å²) in [4.78, 5) is 25.5. The van der Waals surface area contributed by atoms with Crippen LogP contribution in [-0.2, 0) is 20.9 Å². The van der Waals surface area contributed by atoms with Gasteiger partial charge in [-0.25, -0.2) is 0 Å². The molecule has 0 spiro atoms. The minimum atomic E-state index is -0.493. The number of amides is 1. The largest absolute Gasteiger partial charge is 0.493 e. The molecule has 2 rings (SSSR count). The molecule has 0 aliphatic heterocycles. The van der Waals surface area contributed by atoms with Crippen LogP contribution in [0.15, 0.2) is 53.0 Å². The Bertz CT molecular complexity index is 780. The third-order valence-corrected chi connectivity index (χ3v) is 4.55. The molecular formula is C20H22BrNO5. The molecule has 0 heterocycles. The van der Waals surface area contributed by atoms with Gasteiger partial charge in [0, 0.05) is 18.1 Å². The second-order valence-electron chi connectivity index (χ2n) is 5.75. The van der Waals surface area contributed by atoms with E-state index in [9.17, 15) is 9.59 Å². The van der Waals surface area contributed by atoms with Crippen LogP contribution in [0.4, 0.5) is 0 Å². The van der Waals surface area contributed by atoms with Crippen molar-refractivity contribution in [1.29, 1.82) is 0 Å². The van der Waals surface area contributed by atoms with E-state index in [4.69, 9.17) is 14.2 Å². The van der Waals surface area contributed by atoms with Gasteiger partial charge in [0.2, 0.25) is 0 Å². The van der Waals surface area contributed by atoms with Crippen LogP contribution in [0.5, 0.6) is 11.5 Å². The Morgan fingerprint density at radius 3 is 2.41 bits per heavy atom. The molecule has 0 unspecified atom stereocenters. The lowest BCUT2D eigenvalue weighted by molar-refractivity contribution is -0.152. The molecule has 1 amide bonds.